The van der Waals surface area contributed by atoms with Gasteiger partial charge in [0.15, 0.2) is 0 Å². The number of rotatable bonds is 2. The fourth-order valence-corrected chi connectivity index (χ4v) is 11.3. The predicted octanol–water partition coefficient (Wildman–Crippen LogP) is 7.33. The summed E-state index contributed by atoms with van der Waals surface area (Å²) in [6.45, 7) is 7.03. The van der Waals surface area contributed by atoms with E-state index in [1.807, 2.05) is 0 Å². The lowest BCUT2D eigenvalue weighted by Gasteiger charge is -2.60. The van der Waals surface area contributed by atoms with E-state index in [1.165, 1.54) is 93.7 Å². The molecule has 1 aromatic rings. The molecule has 0 aliphatic heterocycles. The number of aromatic hydroxyl groups is 2. The summed E-state index contributed by atoms with van der Waals surface area (Å²) < 4.78 is 0. The standard InChI is InChI=1S/C30H42O2/c1-28(2,3)27-25(29-11-17-4-18(12-29)6-19(5-17)13-29)23(31)10-24(32)26(27)30-14-20-7-21(15-30)9-22(8-20)16-30/h10,17-22,31-32H,4-9,11-16H2,1-3H3. The number of phenolic OH excluding ortho intramolecular Hbond substituents is 2. The zero-order valence-corrected chi connectivity index (χ0v) is 20.4. The molecule has 2 heteroatoms. The van der Waals surface area contributed by atoms with Crippen molar-refractivity contribution in [3.8, 4) is 11.5 Å². The summed E-state index contributed by atoms with van der Waals surface area (Å²) in [6, 6.07) is 1.79. The Hall–Kier alpha value is -1.18. The van der Waals surface area contributed by atoms with E-state index in [0.29, 0.717) is 11.5 Å². The fraction of sp³-hybridized carbons (Fsp3) is 0.800. The monoisotopic (exact) mass is 434 g/mol. The van der Waals surface area contributed by atoms with Crippen LogP contribution in [-0.4, -0.2) is 10.2 Å². The van der Waals surface area contributed by atoms with Gasteiger partial charge in [0.05, 0.1) is 0 Å². The molecule has 0 spiro atoms. The Balaban J connectivity index is 1.46. The van der Waals surface area contributed by atoms with Crippen LogP contribution < -0.4 is 0 Å². The molecule has 0 saturated heterocycles. The van der Waals surface area contributed by atoms with Gasteiger partial charge < -0.3 is 10.2 Å². The van der Waals surface area contributed by atoms with E-state index in [4.69, 9.17) is 0 Å². The maximum absolute atomic E-state index is 11.5. The topological polar surface area (TPSA) is 40.5 Å². The maximum atomic E-state index is 11.5. The van der Waals surface area contributed by atoms with Crippen molar-refractivity contribution in [3.05, 3.63) is 22.8 Å². The fourth-order valence-electron chi connectivity index (χ4n) is 11.3. The molecule has 0 atom stereocenters. The highest BCUT2D eigenvalue weighted by atomic mass is 16.3. The second kappa shape index (κ2) is 6.28. The van der Waals surface area contributed by atoms with Crippen molar-refractivity contribution >= 4 is 0 Å². The van der Waals surface area contributed by atoms with Crippen molar-refractivity contribution in [1.82, 2.24) is 0 Å². The van der Waals surface area contributed by atoms with Gasteiger partial charge >= 0.3 is 0 Å². The van der Waals surface area contributed by atoms with Gasteiger partial charge in [0, 0.05) is 28.0 Å². The average Bonchev–Trinajstić information content (AvgIpc) is 2.64. The largest absolute Gasteiger partial charge is 0.507 e. The molecule has 32 heavy (non-hydrogen) atoms. The first-order valence-corrected chi connectivity index (χ1v) is 13.7. The third kappa shape index (κ3) is 2.70. The van der Waals surface area contributed by atoms with Gasteiger partial charge in [-0.25, -0.2) is 0 Å². The number of phenols is 2. The third-order valence-electron chi connectivity index (χ3n) is 11.2. The third-order valence-corrected chi connectivity index (χ3v) is 11.2. The molecular formula is C30H42O2. The first-order valence-electron chi connectivity index (χ1n) is 13.7. The Morgan fingerprint density at radius 3 is 1.12 bits per heavy atom. The molecule has 1 aromatic carbocycles. The van der Waals surface area contributed by atoms with Crippen LogP contribution in [0.1, 0.15) is 115 Å². The van der Waals surface area contributed by atoms with Crippen molar-refractivity contribution in [2.45, 2.75) is 114 Å². The molecule has 8 saturated carbocycles. The normalized spacial score (nSPS) is 46.2. The van der Waals surface area contributed by atoms with Crippen molar-refractivity contribution in [2.24, 2.45) is 35.5 Å². The molecule has 0 heterocycles. The molecule has 8 fully saturated rings. The maximum Gasteiger partial charge on any atom is 0.123 e. The minimum Gasteiger partial charge on any atom is -0.507 e. The quantitative estimate of drug-likeness (QED) is 0.511. The van der Waals surface area contributed by atoms with Gasteiger partial charge in [-0.3, -0.25) is 0 Å². The van der Waals surface area contributed by atoms with E-state index in [9.17, 15) is 10.2 Å². The van der Waals surface area contributed by atoms with Gasteiger partial charge in [-0.1, -0.05) is 20.8 Å². The van der Waals surface area contributed by atoms with Crippen LogP contribution in [0.4, 0.5) is 0 Å². The van der Waals surface area contributed by atoms with Crippen molar-refractivity contribution < 1.29 is 10.2 Å². The van der Waals surface area contributed by atoms with Crippen molar-refractivity contribution in [1.29, 1.82) is 0 Å². The highest BCUT2D eigenvalue weighted by Gasteiger charge is 2.57. The van der Waals surface area contributed by atoms with E-state index in [1.54, 1.807) is 6.07 Å². The van der Waals surface area contributed by atoms with Gasteiger partial charge in [-0.15, -0.1) is 0 Å². The minimum atomic E-state index is -0.0758. The molecule has 8 aliphatic carbocycles. The Morgan fingerprint density at radius 1 is 0.594 bits per heavy atom. The first-order chi connectivity index (χ1) is 15.1. The predicted molar refractivity (Wildman–Crippen MR) is 128 cm³/mol. The summed E-state index contributed by atoms with van der Waals surface area (Å²) in [4.78, 5) is 0. The molecule has 8 aliphatic rings. The first kappa shape index (κ1) is 20.2. The molecule has 2 nitrogen and oxygen atoms in total. The van der Waals surface area contributed by atoms with Gasteiger partial charge in [-0.05, 0) is 124 Å². The van der Waals surface area contributed by atoms with Crippen LogP contribution in [0, 0.1) is 35.5 Å². The number of hydrogen-bond donors (Lipinski definition) is 2. The second-order valence-corrected chi connectivity index (χ2v) is 14.7. The van der Waals surface area contributed by atoms with Gasteiger partial charge in [0.25, 0.3) is 0 Å². The van der Waals surface area contributed by atoms with E-state index < -0.39 is 0 Å². The lowest BCUT2D eigenvalue weighted by Crippen LogP contribution is -2.51. The van der Waals surface area contributed by atoms with Crippen LogP contribution in [0.5, 0.6) is 11.5 Å². The summed E-state index contributed by atoms with van der Waals surface area (Å²) in [5.74, 6) is 5.92. The summed E-state index contributed by atoms with van der Waals surface area (Å²) in [5, 5.41) is 23.1. The highest BCUT2D eigenvalue weighted by Crippen LogP contribution is 2.67. The summed E-state index contributed by atoms with van der Waals surface area (Å²) in [7, 11) is 0. The SMILES string of the molecule is CC(C)(C)c1c(C23CC4CC(CC(C4)C2)C3)c(O)cc(O)c1C12CC3CC(CC(C3)C1)C2. The van der Waals surface area contributed by atoms with Gasteiger partial charge in [-0.2, -0.15) is 0 Å². The highest BCUT2D eigenvalue weighted by molar-refractivity contribution is 5.61. The molecular weight excluding hydrogens is 392 g/mol. The zero-order valence-electron chi connectivity index (χ0n) is 20.4. The van der Waals surface area contributed by atoms with E-state index in [0.717, 1.165) is 35.5 Å². The molecule has 9 rings (SSSR count). The molecule has 174 valence electrons. The van der Waals surface area contributed by atoms with Crippen molar-refractivity contribution in [2.75, 3.05) is 0 Å². The van der Waals surface area contributed by atoms with Gasteiger partial charge in [0.2, 0.25) is 0 Å². The Kier molecular flexibility index (Phi) is 3.96. The Bertz CT molecular complexity index is 825. The number of hydrogen-bond acceptors (Lipinski definition) is 2. The minimum absolute atomic E-state index is 0.0758. The lowest BCUT2D eigenvalue weighted by molar-refractivity contribution is -0.0111. The van der Waals surface area contributed by atoms with Gasteiger partial charge in [0.1, 0.15) is 11.5 Å². The number of benzene rings is 1. The lowest BCUT2D eigenvalue weighted by atomic mass is 9.44. The van der Waals surface area contributed by atoms with Crippen LogP contribution in [0.25, 0.3) is 0 Å². The van der Waals surface area contributed by atoms with E-state index in [2.05, 4.69) is 20.8 Å². The Labute approximate surface area is 194 Å². The summed E-state index contributed by atoms with van der Waals surface area (Å²) in [5.41, 5.74) is 4.14. The smallest absolute Gasteiger partial charge is 0.123 e. The van der Waals surface area contributed by atoms with Crippen LogP contribution in [0.15, 0.2) is 6.07 Å². The van der Waals surface area contributed by atoms with Crippen LogP contribution in [-0.2, 0) is 16.2 Å². The molecule has 0 unspecified atom stereocenters. The molecule has 0 radical (unpaired) electrons. The average molecular weight is 435 g/mol. The van der Waals surface area contributed by atoms with E-state index in [-0.39, 0.29) is 16.2 Å². The molecule has 2 N–H and O–H groups in total. The molecule has 0 amide bonds. The zero-order chi connectivity index (χ0) is 22.0. The van der Waals surface area contributed by atoms with Crippen LogP contribution in [0.3, 0.4) is 0 Å². The second-order valence-electron chi connectivity index (χ2n) is 14.7. The van der Waals surface area contributed by atoms with Crippen LogP contribution >= 0.6 is 0 Å². The van der Waals surface area contributed by atoms with E-state index >= 15 is 0 Å². The summed E-state index contributed by atoms with van der Waals surface area (Å²) >= 11 is 0. The molecule has 8 bridgehead atoms. The Morgan fingerprint density at radius 2 is 0.875 bits per heavy atom. The summed E-state index contributed by atoms with van der Waals surface area (Å²) in [6.07, 6.45) is 16.1. The van der Waals surface area contributed by atoms with Crippen molar-refractivity contribution in [3.63, 3.8) is 0 Å². The van der Waals surface area contributed by atoms with Crippen LogP contribution in [0.2, 0.25) is 0 Å². The molecule has 0 aromatic heterocycles.